The van der Waals surface area contributed by atoms with Gasteiger partial charge < -0.3 is 25.1 Å². The van der Waals surface area contributed by atoms with Gasteiger partial charge in [-0.2, -0.15) is 0 Å². The average molecular weight is 343 g/mol. The van der Waals surface area contributed by atoms with Gasteiger partial charge in [-0.3, -0.25) is 10.4 Å². The maximum Gasteiger partial charge on any atom is 0.150 e. The zero-order valence-electron chi connectivity index (χ0n) is 13.7. The molecule has 7 nitrogen and oxygen atoms in total. The second kappa shape index (κ2) is 7.96. The quantitative estimate of drug-likeness (QED) is 0.578. The fourth-order valence-electron chi connectivity index (χ4n) is 2.80. The van der Waals surface area contributed by atoms with Crippen LogP contribution in [-0.2, 0) is 9.47 Å². The number of nitrogen functional groups attached to an aromatic ring is 1. The Morgan fingerprint density at radius 2 is 2.04 bits per heavy atom. The van der Waals surface area contributed by atoms with Crippen molar-refractivity contribution in [3.8, 4) is 11.5 Å². The minimum atomic E-state index is -0.0316. The van der Waals surface area contributed by atoms with Crippen molar-refractivity contribution in [3.63, 3.8) is 0 Å². The summed E-state index contributed by atoms with van der Waals surface area (Å²) in [6, 6.07) is 9.99. The number of hydrogen-bond donors (Lipinski definition) is 3. The monoisotopic (exact) mass is 343 g/mol. The summed E-state index contributed by atoms with van der Waals surface area (Å²) >= 11 is 0. The molecule has 1 aromatic carbocycles. The molecule has 25 heavy (non-hydrogen) atoms. The van der Waals surface area contributed by atoms with E-state index >= 15 is 0 Å². The van der Waals surface area contributed by atoms with E-state index in [1.54, 1.807) is 24.5 Å². The van der Waals surface area contributed by atoms with E-state index in [1.165, 1.54) is 12.1 Å². The number of phenolic OH excluding ortho intramolecular Hbond substituents is 1. The number of aromatic nitrogens is 1. The van der Waals surface area contributed by atoms with Gasteiger partial charge in [-0.1, -0.05) is 12.1 Å². The number of nitrogens with one attached hydrogen (secondary N) is 1. The molecule has 3 atom stereocenters. The molecule has 0 bridgehead atoms. The smallest absolute Gasteiger partial charge is 0.150 e. The van der Waals surface area contributed by atoms with Gasteiger partial charge in [0.1, 0.15) is 23.4 Å². The molecular formula is C18H21N3O4. The summed E-state index contributed by atoms with van der Waals surface area (Å²) in [4.78, 5) is 3.94. The number of aromatic hydroxyl groups is 1. The van der Waals surface area contributed by atoms with Crippen molar-refractivity contribution >= 4 is 5.84 Å². The Kier molecular flexibility index (Phi) is 5.47. The molecule has 0 radical (unpaired) electrons. The van der Waals surface area contributed by atoms with Gasteiger partial charge in [-0.25, -0.2) is 0 Å². The van der Waals surface area contributed by atoms with Gasteiger partial charge in [0.25, 0.3) is 0 Å². The van der Waals surface area contributed by atoms with E-state index in [4.69, 9.17) is 30.5 Å². The summed E-state index contributed by atoms with van der Waals surface area (Å²) in [5.74, 6) is 0.929. The van der Waals surface area contributed by atoms with Crippen LogP contribution in [0.3, 0.4) is 0 Å². The molecule has 0 amide bonds. The lowest BCUT2D eigenvalue weighted by molar-refractivity contribution is 0.0308. The Balaban J connectivity index is 0.000000160. The molecule has 0 saturated carbocycles. The van der Waals surface area contributed by atoms with E-state index < -0.39 is 0 Å². The molecule has 2 aromatic rings. The Bertz CT molecular complexity index is 710. The number of amidine groups is 1. The number of fused-ring (bicyclic) bond motifs is 1. The minimum absolute atomic E-state index is 0.0277. The largest absolute Gasteiger partial charge is 0.508 e. The molecular weight excluding hydrogens is 322 g/mol. The van der Waals surface area contributed by atoms with Gasteiger partial charge in [0.05, 0.1) is 12.7 Å². The summed E-state index contributed by atoms with van der Waals surface area (Å²) in [6.07, 6.45) is 4.80. The predicted molar refractivity (Wildman–Crippen MR) is 91.9 cm³/mol. The van der Waals surface area contributed by atoms with Crippen LogP contribution in [0.1, 0.15) is 12.0 Å². The Morgan fingerprint density at radius 1 is 1.24 bits per heavy atom. The molecule has 132 valence electrons. The van der Waals surface area contributed by atoms with Crippen molar-refractivity contribution in [1.82, 2.24) is 4.98 Å². The van der Waals surface area contributed by atoms with Crippen LogP contribution in [-0.4, -0.2) is 47.5 Å². The van der Waals surface area contributed by atoms with E-state index in [0.717, 1.165) is 18.8 Å². The fraction of sp³-hybridized carbons (Fsp3) is 0.333. The summed E-state index contributed by atoms with van der Waals surface area (Å²) in [5, 5.41) is 15.9. The summed E-state index contributed by atoms with van der Waals surface area (Å²) in [5.41, 5.74) is 5.70. The third-order valence-corrected chi connectivity index (χ3v) is 4.01. The van der Waals surface area contributed by atoms with Crippen molar-refractivity contribution in [3.05, 3.63) is 54.4 Å². The molecule has 3 heterocycles. The van der Waals surface area contributed by atoms with Crippen LogP contribution in [0.25, 0.3) is 0 Å². The third kappa shape index (κ3) is 4.46. The Morgan fingerprint density at radius 3 is 2.72 bits per heavy atom. The zero-order valence-corrected chi connectivity index (χ0v) is 13.7. The molecule has 2 saturated heterocycles. The van der Waals surface area contributed by atoms with Gasteiger partial charge >= 0.3 is 0 Å². The lowest BCUT2D eigenvalue weighted by Gasteiger charge is -2.17. The molecule has 2 fully saturated rings. The number of ether oxygens (including phenoxy) is 3. The zero-order chi connectivity index (χ0) is 17.6. The van der Waals surface area contributed by atoms with Crippen molar-refractivity contribution in [1.29, 1.82) is 5.41 Å². The van der Waals surface area contributed by atoms with Crippen molar-refractivity contribution in [2.45, 2.75) is 24.7 Å². The van der Waals surface area contributed by atoms with E-state index in [9.17, 15) is 0 Å². The summed E-state index contributed by atoms with van der Waals surface area (Å²) < 4.78 is 17.0. The number of pyridine rings is 1. The van der Waals surface area contributed by atoms with Gasteiger partial charge in [0.2, 0.25) is 0 Å². The summed E-state index contributed by atoms with van der Waals surface area (Å²) in [7, 11) is 0. The number of hydrogen-bond acceptors (Lipinski definition) is 6. The molecule has 4 rings (SSSR count). The molecule has 1 aromatic heterocycles. The molecule has 2 aliphatic heterocycles. The van der Waals surface area contributed by atoms with Gasteiger partial charge in [0, 0.05) is 24.6 Å². The number of nitrogens with two attached hydrogens (primary N) is 1. The lowest BCUT2D eigenvalue weighted by Crippen LogP contribution is -2.32. The van der Waals surface area contributed by atoms with E-state index in [1.807, 2.05) is 12.1 Å². The van der Waals surface area contributed by atoms with Crippen LogP contribution in [0.5, 0.6) is 11.5 Å². The maximum atomic E-state index is 8.91. The summed E-state index contributed by atoms with van der Waals surface area (Å²) in [6.45, 7) is 1.41. The average Bonchev–Trinajstić information content (AvgIpc) is 3.22. The van der Waals surface area contributed by atoms with Crippen LogP contribution in [0.2, 0.25) is 0 Å². The SMILES string of the molecule is N=C(N)c1cccc(O)c1.c1cc(OC2COC3CCOC32)ccn1. The molecule has 7 heteroatoms. The first kappa shape index (κ1) is 17.2. The highest BCUT2D eigenvalue weighted by Gasteiger charge is 2.43. The molecule has 0 aliphatic carbocycles. The highest BCUT2D eigenvalue weighted by atomic mass is 16.6. The van der Waals surface area contributed by atoms with Gasteiger partial charge in [-0.05, 0) is 30.7 Å². The topological polar surface area (TPSA) is 111 Å². The Hall–Kier alpha value is -2.64. The van der Waals surface area contributed by atoms with Crippen LogP contribution in [0, 0.1) is 5.41 Å². The van der Waals surface area contributed by atoms with Crippen LogP contribution < -0.4 is 10.5 Å². The van der Waals surface area contributed by atoms with Gasteiger partial charge in [-0.15, -0.1) is 0 Å². The van der Waals surface area contributed by atoms with Crippen molar-refractivity contribution in [2.75, 3.05) is 13.2 Å². The van der Waals surface area contributed by atoms with Crippen molar-refractivity contribution in [2.24, 2.45) is 5.73 Å². The second-order valence-electron chi connectivity index (χ2n) is 5.80. The molecule has 2 aliphatic rings. The fourth-order valence-corrected chi connectivity index (χ4v) is 2.80. The molecule has 4 N–H and O–H groups in total. The number of phenols is 1. The van der Waals surface area contributed by atoms with Crippen LogP contribution in [0.15, 0.2) is 48.8 Å². The van der Waals surface area contributed by atoms with E-state index in [-0.39, 0.29) is 29.9 Å². The predicted octanol–water partition coefficient (Wildman–Crippen LogP) is 1.69. The Labute approximate surface area is 145 Å². The van der Waals surface area contributed by atoms with E-state index in [0.29, 0.717) is 12.2 Å². The van der Waals surface area contributed by atoms with Crippen LogP contribution >= 0.6 is 0 Å². The standard InChI is InChI=1S/C11H13NO3.C7H8N2O/c1-4-12-5-2-8(1)15-10-7-14-9-3-6-13-11(9)10;8-7(9)5-2-1-3-6(10)4-5/h1-2,4-5,9-11H,3,6-7H2;1-4,10H,(H3,8,9). The normalized spacial score (nSPS) is 24.1. The molecule has 0 spiro atoms. The first-order chi connectivity index (χ1) is 12.1. The number of benzene rings is 1. The number of rotatable bonds is 3. The van der Waals surface area contributed by atoms with Gasteiger partial charge in [0.15, 0.2) is 6.10 Å². The minimum Gasteiger partial charge on any atom is -0.508 e. The first-order valence-corrected chi connectivity index (χ1v) is 8.07. The van der Waals surface area contributed by atoms with Crippen LogP contribution in [0.4, 0.5) is 0 Å². The lowest BCUT2D eigenvalue weighted by atomic mass is 10.1. The number of nitrogens with zero attached hydrogens (tertiary/aromatic N) is 1. The first-order valence-electron chi connectivity index (χ1n) is 8.07. The highest BCUT2D eigenvalue weighted by Crippen LogP contribution is 2.29. The second-order valence-corrected chi connectivity index (χ2v) is 5.80. The highest BCUT2D eigenvalue weighted by molar-refractivity contribution is 5.95. The third-order valence-electron chi connectivity index (χ3n) is 4.01. The van der Waals surface area contributed by atoms with E-state index in [2.05, 4.69) is 4.98 Å². The maximum absolute atomic E-state index is 8.91. The van der Waals surface area contributed by atoms with Crippen molar-refractivity contribution < 1.29 is 19.3 Å². The molecule has 3 unspecified atom stereocenters.